The van der Waals surface area contributed by atoms with Gasteiger partial charge in [0.15, 0.2) is 23.1 Å². The van der Waals surface area contributed by atoms with Gasteiger partial charge >= 0.3 is 5.97 Å². The fourth-order valence-electron chi connectivity index (χ4n) is 5.78. The Balaban J connectivity index is 1.56. The molecule has 1 aliphatic heterocycles. The van der Waals surface area contributed by atoms with Gasteiger partial charge in [-0.2, -0.15) is 0 Å². The normalized spacial score (nSPS) is 17.9. The van der Waals surface area contributed by atoms with E-state index in [1.165, 1.54) is 0 Å². The monoisotopic (exact) mass is 535 g/mol. The van der Waals surface area contributed by atoms with E-state index in [0.717, 1.165) is 22.5 Å². The van der Waals surface area contributed by atoms with Crippen molar-refractivity contribution in [2.75, 3.05) is 13.7 Å². The lowest BCUT2D eigenvalue weighted by Gasteiger charge is -2.44. The van der Waals surface area contributed by atoms with Gasteiger partial charge in [0.25, 0.3) is 0 Å². The zero-order chi connectivity index (χ0) is 26.8. The second-order valence-electron chi connectivity index (χ2n) is 9.79. The Hall–Kier alpha value is -3.58. The zero-order valence-electron chi connectivity index (χ0n) is 21.3. The number of aliphatic carboxylic acids is 1. The summed E-state index contributed by atoms with van der Waals surface area (Å²) in [5.41, 5.74) is 4.58. The summed E-state index contributed by atoms with van der Waals surface area (Å²) in [6, 6.07) is 13.0. The van der Waals surface area contributed by atoms with Crippen LogP contribution in [0, 0.1) is 0 Å². The van der Waals surface area contributed by atoms with E-state index in [4.69, 9.17) is 21.1 Å². The molecule has 3 aliphatic rings. The molecule has 2 aliphatic carbocycles. The molecule has 0 radical (unpaired) electrons. The van der Waals surface area contributed by atoms with E-state index in [9.17, 15) is 19.5 Å². The number of hydrogen-bond acceptors (Lipinski definition) is 6. The van der Waals surface area contributed by atoms with Crippen molar-refractivity contribution in [1.29, 1.82) is 0 Å². The molecule has 0 saturated carbocycles. The maximum atomic E-state index is 13.4. The van der Waals surface area contributed by atoms with Crippen LogP contribution in [0.4, 0.5) is 0 Å². The Morgan fingerprint density at radius 3 is 2.24 bits per heavy atom. The molecule has 2 aromatic carbocycles. The van der Waals surface area contributed by atoms with Crippen LogP contribution in [0.2, 0.25) is 5.02 Å². The summed E-state index contributed by atoms with van der Waals surface area (Å²) in [4.78, 5) is 40.1. The van der Waals surface area contributed by atoms with Gasteiger partial charge in [-0.3, -0.25) is 14.4 Å². The number of benzene rings is 2. The second-order valence-corrected chi connectivity index (χ2v) is 10.2. The summed E-state index contributed by atoms with van der Waals surface area (Å²) in [5.74, 6) is -0.355. The van der Waals surface area contributed by atoms with Crippen molar-refractivity contribution in [3.8, 4) is 11.5 Å². The van der Waals surface area contributed by atoms with Gasteiger partial charge in [-0.05, 0) is 49.4 Å². The van der Waals surface area contributed by atoms with E-state index in [0.29, 0.717) is 66.2 Å². The Morgan fingerprint density at radius 2 is 1.63 bits per heavy atom. The summed E-state index contributed by atoms with van der Waals surface area (Å²) in [6.45, 7) is 0.511. The Labute approximate surface area is 226 Å². The summed E-state index contributed by atoms with van der Waals surface area (Å²) in [5, 5.41) is 9.97. The van der Waals surface area contributed by atoms with Crippen molar-refractivity contribution < 1.29 is 29.0 Å². The lowest BCUT2D eigenvalue weighted by molar-refractivity contribution is -0.137. The third-order valence-corrected chi connectivity index (χ3v) is 7.87. The van der Waals surface area contributed by atoms with E-state index in [-0.39, 0.29) is 31.1 Å². The van der Waals surface area contributed by atoms with E-state index in [1.54, 1.807) is 7.11 Å². The van der Waals surface area contributed by atoms with E-state index < -0.39 is 11.9 Å². The number of allylic oxidation sites excluding steroid dienone is 4. The van der Waals surface area contributed by atoms with Crippen molar-refractivity contribution in [3.05, 3.63) is 81.2 Å². The second kappa shape index (κ2) is 11.0. The number of ketones is 2. The highest BCUT2D eigenvalue weighted by molar-refractivity contribution is 6.31. The van der Waals surface area contributed by atoms with E-state index >= 15 is 0 Å². The number of hydrogen-bond donors (Lipinski definition) is 1. The summed E-state index contributed by atoms with van der Waals surface area (Å²) in [6.07, 6.45) is 3.54. The Bertz CT molecular complexity index is 1320. The van der Waals surface area contributed by atoms with Gasteiger partial charge in [0.2, 0.25) is 0 Å². The topological polar surface area (TPSA) is 93.1 Å². The first-order chi connectivity index (χ1) is 18.4. The molecule has 0 amide bonds. The number of methoxy groups -OCH3 is 1. The van der Waals surface area contributed by atoms with Gasteiger partial charge in [-0.1, -0.05) is 35.9 Å². The average Bonchev–Trinajstić information content (AvgIpc) is 2.91. The third-order valence-electron chi connectivity index (χ3n) is 7.50. The minimum atomic E-state index is -0.905. The Morgan fingerprint density at radius 1 is 0.974 bits per heavy atom. The number of carbonyl (C=O) groups excluding carboxylic acids is 2. The average molecular weight is 536 g/mol. The molecular formula is C30H30ClNO6. The zero-order valence-corrected chi connectivity index (χ0v) is 22.1. The number of rotatable bonds is 8. The minimum absolute atomic E-state index is 0.0134. The van der Waals surface area contributed by atoms with Crippen LogP contribution >= 0.6 is 11.6 Å². The fourth-order valence-corrected chi connectivity index (χ4v) is 5.97. The SMILES string of the molecule is COc1cc(C2C3=C(CCCC3=O)N(CCC(=O)O)C3=C2C(=O)CCC3)ccc1OCc1ccccc1Cl. The minimum Gasteiger partial charge on any atom is -0.493 e. The lowest BCUT2D eigenvalue weighted by Crippen LogP contribution is -2.39. The van der Waals surface area contributed by atoms with Crippen LogP contribution in [0.5, 0.6) is 11.5 Å². The molecule has 0 saturated heterocycles. The fraction of sp³-hybridized carbons (Fsp3) is 0.367. The van der Waals surface area contributed by atoms with Crippen LogP contribution in [-0.2, 0) is 21.0 Å². The molecule has 5 rings (SSSR count). The highest BCUT2D eigenvalue weighted by atomic mass is 35.5. The van der Waals surface area contributed by atoms with Crippen LogP contribution in [-0.4, -0.2) is 41.2 Å². The third kappa shape index (κ3) is 4.95. The molecule has 0 spiro atoms. The smallest absolute Gasteiger partial charge is 0.305 e. The number of halogens is 1. The van der Waals surface area contributed by atoms with Crippen LogP contribution in [0.15, 0.2) is 65.0 Å². The van der Waals surface area contributed by atoms with Crippen molar-refractivity contribution in [3.63, 3.8) is 0 Å². The van der Waals surface area contributed by atoms with Crippen molar-refractivity contribution in [2.45, 2.75) is 57.5 Å². The van der Waals surface area contributed by atoms with Crippen LogP contribution < -0.4 is 9.47 Å². The van der Waals surface area contributed by atoms with Crippen molar-refractivity contribution in [2.24, 2.45) is 0 Å². The first-order valence-corrected chi connectivity index (χ1v) is 13.3. The molecule has 7 nitrogen and oxygen atoms in total. The van der Waals surface area contributed by atoms with E-state index in [2.05, 4.69) is 0 Å². The van der Waals surface area contributed by atoms with Crippen LogP contribution in [0.3, 0.4) is 0 Å². The number of nitrogens with zero attached hydrogens (tertiary/aromatic N) is 1. The molecule has 0 fully saturated rings. The maximum Gasteiger partial charge on any atom is 0.305 e. The standard InChI is InChI=1S/C30H30ClNO6/c1-37-26-16-18(12-13-25(26)38-17-19-6-2-3-7-20(19)31)28-29-21(8-4-10-23(29)33)32(15-14-27(35)36)22-9-5-11-24(34)30(22)28/h2-3,6-7,12-13,16,28H,4-5,8-11,14-15,17H2,1H3,(H,35,36). The van der Waals surface area contributed by atoms with Gasteiger partial charge in [-0.15, -0.1) is 0 Å². The molecule has 8 heteroatoms. The molecule has 0 bridgehead atoms. The van der Waals surface area contributed by atoms with Gasteiger partial charge in [0, 0.05) is 58.4 Å². The molecule has 0 aromatic heterocycles. The van der Waals surface area contributed by atoms with Gasteiger partial charge in [0.05, 0.1) is 13.5 Å². The number of ether oxygens (including phenoxy) is 2. The van der Waals surface area contributed by atoms with Crippen molar-refractivity contribution >= 4 is 29.1 Å². The highest BCUT2D eigenvalue weighted by Crippen LogP contribution is 2.50. The molecular weight excluding hydrogens is 506 g/mol. The van der Waals surface area contributed by atoms with Gasteiger partial charge in [0.1, 0.15) is 6.61 Å². The summed E-state index contributed by atoms with van der Waals surface area (Å²) < 4.78 is 11.7. The number of Topliss-reactive ketones (excluding diaryl/α,β-unsaturated/α-hetero) is 2. The highest BCUT2D eigenvalue weighted by Gasteiger charge is 2.43. The van der Waals surface area contributed by atoms with Gasteiger partial charge in [-0.25, -0.2) is 0 Å². The molecule has 2 aromatic rings. The predicted octanol–water partition coefficient (Wildman–Crippen LogP) is 5.82. The van der Waals surface area contributed by atoms with Crippen LogP contribution in [0.1, 0.15) is 62.0 Å². The molecule has 1 heterocycles. The molecule has 1 N–H and O–H groups in total. The van der Waals surface area contributed by atoms with Crippen molar-refractivity contribution in [1.82, 2.24) is 4.90 Å². The maximum absolute atomic E-state index is 13.4. The van der Waals surface area contributed by atoms with Crippen LogP contribution in [0.25, 0.3) is 0 Å². The molecule has 0 unspecified atom stereocenters. The molecule has 0 atom stereocenters. The number of carbonyl (C=O) groups is 3. The number of carboxylic acid groups (broad SMARTS) is 1. The largest absolute Gasteiger partial charge is 0.493 e. The first-order valence-electron chi connectivity index (χ1n) is 12.9. The Kier molecular flexibility index (Phi) is 7.56. The summed E-state index contributed by atoms with van der Waals surface area (Å²) in [7, 11) is 1.56. The lowest BCUT2D eigenvalue weighted by atomic mass is 9.71. The van der Waals surface area contributed by atoms with E-state index in [1.807, 2.05) is 47.4 Å². The first kappa shape index (κ1) is 26.0. The predicted molar refractivity (Wildman–Crippen MR) is 142 cm³/mol. The van der Waals surface area contributed by atoms with Gasteiger partial charge < -0.3 is 19.5 Å². The quantitative estimate of drug-likeness (QED) is 0.455. The molecule has 198 valence electrons. The molecule has 38 heavy (non-hydrogen) atoms. The summed E-state index contributed by atoms with van der Waals surface area (Å²) >= 11 is 6.28. The number of carboxylic acids is 1.